The maximum Gasteiger partial charge on any atom is 0.339 e. The molecule has 138 valence electrons. The summed E-state index contributed by atoms with van der Waals surface area (Å²) >= 11 is 0. The molecular weight excluding hydrogens is 334 g/mol. The summed E-state index contributed by atoms with van der Waals surface area (Å²) in [4.78, 5) is 11.8. The minimum absolute atomic E-state index is 0.436. The lowest BCUT2D eigenvalue weighted by atomic mass is 10.2. The molecule has 0 heterocycles. The highest BCUT2D eigenvalue weighted by atomic mass is 16.5. The van der Waals surface area contributed by atoms with Crippen molar-refractivity contribution < 1.29 is 19.0 Å². The molecule has 0 spiro atoms. The number of nitrogens with zero attached hydrogens (tertiary/aromatic N) is 1. The van der Waals surface area contributed by atoms with E-state index in [2.05, 4.69) is 15.8 Å². The molecule has 7 nitrogen and oxygen atoms in total. The van der Waals surface area contributed by atoms with Crippen molar-refractivity contribution in [2.75, 3.05) is 26.1 Å². The SMILES string of the molecule is CCCOc1c(OC)cc(/C=N/NC(=O)Nc2ccccc2)cc1OC. The van der Waals surface area contributed by atoms with Crippen molar-refractivity contribution in [3.63, 3.8) is 0 Å². The molecular formula is C19H23N3O4. The maximum atomic E-state index is 11.8. The fourth-order valence-electron chi connectivity index (χ4n) is 2.17. The van der Waals surface area contributed by atoms with Crippen molar-refractivity contribution in [2.45, 2.75) is 13.3 Å². The predicted molar refractivity (Wildman–Crippen MR) is 102 cm³/mol. The van der Waals surface area contributed by atoms with E-state index in [-0.39, 0.29) is 0 Å². The molecule has 0 aliphatic heterocycles. The zero-order valence-corrected chi connectivity index (χ0v) is 15.1. The Bertz CT molecular complexity index is 723. The van der Waals surface area contributed by atoms with Gasteiger partial charge >= 0.3 is 6.03 Å². The molecule has 7 heteroatoms. The summed E-state index contributed by atoms with van der Waals surface area (Å²) in [5.74, 6) is 1.62. The van der Waals surface area contributed by atoms with Gasteiger partial charge in [0.15, 0.2) is 11.5 Å². The van der Waals surface area contributed by atoms with Crippen LogP contribution in [0.2, 0.25) is 0 Å². The van der Waals surface area contributed by atoms with Crippen molar-refractivity contribution in [3.05, 3.63) is 48.0 Å². The number of carbonyl (C=O) groups is 1. The van der Waals surface area contributed by atoms with Crippen LogP contribution < -0.4 is 25.0 Å². The number of hydrogen-bond donors (Lipinski definition) is 2. The second-order valence-corrected chi connectivity index (χ2v) is 5.29. The van der Waals surface area contributed by atoms with Gasteiger partial charge in [-0.3, -0.25) is 0 Å². The van der Waals surface area contributed by atoms with Gasteiger partial charge in [0.2, 0.25) is 5.75 Å². The molecule has 0 bridgehead atoms. The number of hydrogen-bond acceptors (Lipinski definition) is 5. The zero-order valence-electron chi connectivity index (χ0n) is 15.1. The normalized spacial score (nSPS) is 10.4. The molecule has 0 unspecified atom stereocenters. The molecule has 0 aliphatic rings. The van der Waals surface area contributed by atoms with Crippen LogP contribution in [0.5, 0.6) is 17.2 Å². The van der Waals surface area contributed by atoms with Crippen molar-refractivity contribution in [1.29, 1.82) is 0 Å². The molecule has 0 fully saturated rings. The van der Waals surface area contributed by atoms with E-state index in [1.807, 2.05) is 25.1 Å². The quantitative estimate of drug-likeness (QED) is 0.558. The Hall–Kier alpha value is -3.22. The molecule has 0 radical (unpaired) electrons. The molecule has 2 N–H and O–H groups in total. The first kappa shape index (κ1) is 19.1. The van der Waals surface area contributed by atoms with E-state index < -0.39 is 6.03 Å². The Morgan fingerprint density at radius 2 is 1.77 bits per heavy atom. The number of benzene rings is 2. The molecule has 2 rings (SSSR count). The van der Waals surface area contributed by atoms with E-state index in [1.54, 1.807) is 38.5 Å². The minimum atomic E-state index is -0.436. The van der Waals surface area contributed by atoms with Crippen LogP contribution in [0.3, 0.4) is 0 Å². The van der Waals surface area contributed by atoms with Gasteiger partial charge in [-0.05, 0) is 30.7 Å². The van der Waals surface area contributed by atoms with E-state index in [1.165, 1.54) is 6.21 Å². The summed E-state index contributed by atoms with van der Waals surface area (Å²) in [6, 6.07) is 12.2. The minimum Gasteiger partial charge on any atom is -0.493 e. The lowest BCUT2D eigenvalue weighted by Crippen LogP contribution is -2.24. The Balaban J connectivity index is 2.05. The molecule has 0 aromatic heterocycles. The summed E-state index contributed by atoms with van der Waals surface area (Å²) < 4.78 is 16.4. The topological polar surface area (TPSA) is 81.2 Å². The Morgan fingerprint density at radius 1 is 1.12 bits per heavy atom. The highest BCUT2D eigenvalue weighted by Gasteiger charge is 2.13. The maximum absolute atomic E-state index is 11.8. The van der Waals surface area contributed by atoms with Crippen molar-refractivity contribution >= 4 is 17.9 Å². The fraction of sp³-hybridized carbons (Fsp3) is 0.263. The average Bonchev–Trinajstić information content (AvgIpc) is 2.66. The van der Waals surface area contributed by atoms with Gasteiger partial charge in [0.1, 0.15) is 0 Å². The summed E-state index contributed by atoms with van der Waals surface area (Å²) in [5, 5.41) is 6.61. The number of carbonyl (C=O) groups excluding carboxylic acids is 1. The van der Waals surface area contributed by atoms with Crippen molar-refractivity contribution in [1.82, 2.24) is 5.43 Å². The van der Waals surface area contributed by atoms with Gasteiger partial charge in [0, 0.05) is 11.3 Å². The van der Waals surface area contributed by atoms with E-state index in [9.17, 15) is 4.79 Å². The van der Waals surface area contributed by atoms with Gasteiger partial charge in [-0.25, -0.2) is 10.2 Å². The van der Waals surface area contributed by atoms with E-state index >= 15 is 0 Å². The third-order valence-electron chi connectivity index (χ3n) is 3.34. The Kier molecular flexibility index (Phi) is 7.30. The summed E-state index contributed by atoms with van der Waals surface area (Å²) in [6.07, 6.45) is 2.37. The van der Waals surface area contributed by atoms with Crippen LogP contribution in [0.1, 0.15) is 18.9 Å². The van der Waals surface area contributed by atoms with E-state index in [0.717, 1.165) is 6.42 Å². The van der Waals surface area contributed by atoms with Gasteiger partial charge in [0.05, 0.1) is 27.0 Å². The molecule has 0 atom stereocenters. The monoisotopic (exact) mass is 357 g/mol. The van der Waals surface area contributed by atoms with Gasteiger partial charge in [0.25, 0.3) is 0 Å². The summed E-state index contributed by atoms with van der Waals surface area (Å²) in [5.41, 5.74) is 3.79. The number of amides is 2. The average molecular weight is 357 g/mol. The number of hydrazone groups is 1. The van der Waals surface area contributed by atoms with Gasteiger partial charge < -0.3 is 19.5 Å². The third-order valence-corrected chi connectivity index (χ3v) is 3.34. The standard InChI is InChI=1S/C19H23N3O4/c1-4-10-26-18-16(24-2)11-14(12-17(18)25-3)13-20-22-19(23)21-15-8-6-5-7-9-15/h5-9,11-13H,4,10H2,1-3H3,(H2,21,22,23)/b20-13+. The molecule has 2 aromatic carbocycles. The Morgan fingerprint density at radius 3 is 2.35 bits per heavy atom. The number of rotatable bonds is 8. The molecule has 26 heavy (non-hydrogen) atoms. The molecule has 2 aromatic rings. The molecule has 0 saturated heterocycles. The van der Waals surface area contributed by atoms with Crippen LogP contribution in [0.15, 0.2) is 47.6 Å². The first-order valence-corrected chi connectivity index (χ1v) is 8.21. The second kappa shape index (κ2) is 9.93. The first-order valence-electron chi connectivity index (χ1n) is 8.21. The van der Waals surface area contributed by atoms with E-state index in [4.69, 9.17) is 14.2 Å². The number of para-hydroxylation sites is 1. The molecule has 0 aliphatic carbocycles. The largest absolute Gasteiger partial charge is 0.493 e. The highest BCUT2D eigenvalue weighted by molar-refractivity contribution is 5.90. The number of ether oxygens (including phenoxy) is 3. The molecule has 0 saturated carbocycles. The van der Waals surface area contributed by atoms with Crippen LogP contribution in [0, 0.1) is 0 Å². The highest BCUT2D eigenvalue weighted by Crippen LogP contribution is 2.38. The van der Waals surface area contributed by atoms with Crippen LogP contribution in [0.25, 0.3) is 0 Å². The smallest absolute Gasteiger partial charge is 0.339 e. The number of urea groups is 1. The summed E-state index contributed by atoms with van der Waals surface area (Å²) in [6.45, 7) is 2.58. The van der Waals surface area contributed by atoms with Crippen LogP contribution >= 0.6 is 0 Å². The summed E-state index contributed by atoms with van der Waals surface area (Å²) in [7, 11) is 3.11. The fourth-order valence-corrected chi connectivity index (χ4v) is 2.17. The lowest BCUT2D eigenvalue weighted by Gasteiger charge is -2.14. The molecule has 2 amide bonds. The van der Waals surface area contributed by atoms with Gasteiger partial charge in [-0.15, -0.1) is 0 Å². The van der Waals surface area contributed by atoms with Crippen LogP contribution in [0.4, 0.5) is 10.5 Å². The predicted octanol–water partition coefficient (Wildman–Crippen LogP) is 3.65. The van der Waals surface area contributed by atoms with Gasteiger partial charge in [-0.2, -0.15) is 5.10 Å². The van der Waals surface area contributed by atoms with Crippen LogP contribution in [-0.4, -0.2) is 33.1 Å². The van der Waals surface area contributed by atoms with E-state index in [0.29, 0.717) is 35.1 Å². The third kappa shape index (κ3) is 5.41. The number of methoxy groups -OCH3 is 2. The Labute approximate surface area is 153 Å². The second-order valence-electron chi connectivity index (χ2n) is 5.29. The van der Waals surface area contributed by atoms with Gasteiger partial charge in [-0.1, -0.05) is 25.1 Å². The number of anilines is 1. The zero-order chi connectivity index (χ0) is 18.8. The van der Waals surface area contributed by atoms with Crippen molar-refractivity contribution in [3.8, 4) is 17.2 Å². The number of nitrogens with one attached hydrogen (secondary N) is 2. The van der Waals surface area contributed by atoms with Crippen LogP contribution in [-0.2, 0) is 0 Å². The lowest BCUT2D eigenvalue weighted by molar-refractivity contribution is 0.252. The van der Waals surface area contributed by atoms with Crippen molar-refractivity contribution in [2.24, 2.45) is 5.10 Å². The first-order chi connectivity index (χ1) is 12.7.